The molecule has 0 saturated heterocycles. The normalized spacial score (nSPS) is 28.1. The lowest BCUT2D eigenvalue weighted by Crippen LogP contribution is -2.27. The monoisotopic (exact) mass is 308 g/mol. The van der Waals surface area contributed by atoms with Crippen LogP contribution in [0.15, 0.2) is 11.6 Å². The Balaban J connectivity index is 2.64. The fraction of sp³-hybridized carbons (Fsp3) is 0.833. The first-order chi connectivity index (χ1) is 7.45. The van der Waals surface area contributed by atoms with Gasteiger partial charge in [0.1, 0.15) is 9.84 Å². The Labute approximate surface area is 108 Å². The molecule has 1 aliphatic carbocycles. The lowest BCUT2D eigenvalue weighted by molar-refractivity contribution is 0.399. The largest absolute Gasteiger partial charge is 0.229 e. The maximum atomic E-state index is 11.5. The second kappa shape index (κ2) is 6.20. The van der Waals surface area contributed by atoms with Crippen LogP contribution in [-0.2, 0) is 9.84 Å². The molecule has 1 aliphatic rings. The maximum Gasteiger partial charge on any atom is 0.150 e. The van der Waals surface area contributed by atoms with Crippen molar-refractivity contribution in [2.75, 3.05) is 11.6 Å². The van der Waals surface area contributed by atoms with Crippen LogP contribution in [0.4, 0.5) is 0 Å². The first kappa shape index (κ1) is 14.2. The van der Waals surface area contributed by atoms with Crippen molar-refractivity contribution < 1.29 is 8.42 Å². The van der Waals surface area contributed by atoms with Crippen molar-refractivity contribution >= 4 is 25.8 Å². The van der Waals surface area contributed by atoms with E-state index in [0.29, 0.717) is 5.92 Å². The van der Waals surface area contributed by atoms with Crippen LogP contribution in [-0.4, -0.2) is 25.3 Å². The van der Waals surface area contributed by atoms with Crippen LogP contribution in [0, 0.1) is 5.92 Å². The smallest absolute Gasteiger partial charge is 0.150 e. The Kier molecular flexibility index (Phi) is 5.51. The molecule has 16 heavy (non-hydrogen) atoms. The van der Waals surface area contributed by atoms with Crippen LogP contribution in [0.5, 0.6) is 0 Å². The molecule has 0 heterocycles. The van der Waals surface area contributed by atoms with Gasteiger partial charge in [-0.15, -0.1) is 0 Å². The standard InChI is InChI=1S/C12H21BrO2S/c1-10(5-4-8-13)11-6-3-7-12(9-11)16(2,14)15/h5,11-12H,3-4,6-9H2,1-2H3. The van der Waals surface area contributed by atoms with Crippen LogP contribution in [0.3, 0.4) is 0 Å². The summed E-state index contributed by atoms with van der Waals surface area (Å²) in [5.74, 6) is 0.479. The van der Waals surface area contributed by atoms with E-state index in [0.717, 1.165) is 37.4 Å². The van der Waals surface area contributed by atoms with Crippen molar-refractivity contribution in [3.05, 3.63) is 11.6 Å². The zero-order valence-electron chi connectivity index (χ0n) is 10.1. The lowest BCUT2D eigenvalue weighted by atomic mass is 9.84. The van der Waals surface area contributed by atoms with E-state index in [4.69, 9.17) is 0 Å². The zero-order valence-corrected chi connectivity index (χ0v) is 12.5. The summed E-state index contributed by atoms with van der Waals surface area (Å²) in [7, 11) is -2.85. The van der Waals surface area contributed by atoms with Gasteiger partial charge in [0.2, 0.25) is 0 Å². The van der Waals surface area contributed by atoms with Crippen molar-refractivity contribution in [1.29, 1.82) is 0 Å². The maximum absolute atomic E-state index is 11.5. The van der Waals surface area contributed by atoms with E-state index < -0.39 is 9.84 Å². The molecule has 1 saturated carbocycles. The van der Waals surface area contributed by atoms with Gasteiger partial charge >= 0.3 is 0 Å². The van der Waals surface area contributed by atoms with Gasteiger partial charge in [0.25, 0.3) is 0 Å². The molecule has 0 aromatic heterocycles. The molecule has 0 N–H and O–H groups in total. The first-order valence-electron chi connectivity index (χ1n) is 5.86. The molecule has 2 unspecified atom stereocenters. The van der Waals surface area contributed by atoms with Crippen molar-refractivity contribution in [2.45, 2.75) is 44.3 Å². The number of alkyl halides is 1. The Morgan fingerprint density at radius 3 is 2.69 bits per heavy atom. The highest BCUT2D eigenvalue weighted by Crippen LogP contribution is 2.33. The summed E-state index contributed by atoms with van der Waals surface area (Å²) < 4.78 is 23.1. The Morgan fingerprint density at radius 1 is 1.44 bits per heavy atom. The van der Waals surface area contributed by atoms with E-state index in [9.17, 15) is 8.42 Å². The van der Waals surface area contributed by atoms with Gasteiger partial charge in [-0.3, -0.25) is 0 Å². The van der Waals surface area contributed by atoms with E-state index in [-0.39, 0.29) is 5.25 Å². The molecule has 2 nitrogen and oxygen atoms in total. The quantitative estimate of drug-likeness (QED) is 0.590. The van der Waals surface area contributed by atoms with Gasteiger partial charge in [-0.1, -0.05) is 34.0 Å². The third kappa shape index (κ3) is 4.21. The van der Waals surface area contributed by atoms with Crippen molar-refractivity contribution in [2.24, 2.45) is 5.92 Å². The lowest BCUT2D eigenvalue weighted by Gasteiger charge is -2.28. The molecule has 1 rings (SSSR count). The number of allylic oxidation sites excluding steroid dienone is 2. The minimum Gasteiger partial charge on any atom is -0.229 e. The van der Waals surface area contributed by atoms with Crippen LogP contribution in [0.1, 0.15) is 39.0 Å². The molecule has 0 aliphatic heterocycles. The van der Waals surface area contributed by atoms with Crippen LogP contribution in [0.25, 0.3) is 0 Å². The van der Waals surface area contributed by atoms with Gasteiger partial charge < -0.3 is 0 Å². The van der Waals surface area contributed by atoms with Gasteiger partial charge in [0, 0.05) is 11.6 Å². The van der Waals surface area contributed by atoms with E-state index in [1.807, 2.05) is 0 Å². The summed E-state index contributed by atoms with van der Waals surface area (Å²) in [6.45, 7) is 2.14. The predicted molar refractivity (Wildman–Crippen MR) is 72.8 cm³/mol. The van der Waals surface area contributed by atoms with E-state index in [1.165, 1.54) is 11.8 Å². The van der Waals surface area contributed by atoms with Crippen molar-refractivity contribution in [3.63, 3.8) is 0 Å². The summed E-state index contributed by atoms with van der Waals surface area (Å²) in [5, 5.41) is 0.866. The SMILES string of the molecule is CC(=CCCBr)C1CCCC(S(C)(=O)=O)C1. The molecule has 0 spiro atoms. The summed E-state index contributed by atoms with van der Waals surface area (Å²) in [6.07, 6.45) is 8.51. The Hall–Kier alpha value is 0.170. The number of rotatable bonds is 4. The van der Waals surface area contributed by atoms with Crippen molar-refractivity contribution in [3.8, 4) is 0 Å². The minimum atomic E-state index is -2.85. The second-order valence-electron chi connectivity index (χ2n) is 4.74. The molecular weight excluding hydrogens is 288 g/mol. The van der Waals surface area contributed by atoms with Crippen molar-refractivity contribution in [1.82, 2.24) is 0 Å². The minimum absolute atomic E-state index is 0.112. The number of sulfone groups is 1. The van der Waals surface area contributed by atoms with Gasteiger partial charge in [-0.2, -0.15) is 0 Å². The average molecular weight is 309 g/mol. The molecule has 1 fully saturated rings. The summed E-state index contributed by atoms with van der Waals surface area (Å²) >= 11 is 3.41. The molecule has 0 aromatic rings. The van der Waals surface area contributed by atoms with E-state index in [2.05, 4.69) is 28.9 Å². The van der Waals surface area contributed by atoms with E-state index >= 15 is 0 Å². The Morgan fingerprint density at radius 2 is 2.12 bits per heavy atom. The molecule has 0 bridgehead atoms. The van der Waals surface area contributed by atoms with Gasteiger partial charge in [-0.25, -0.2) is 8.42 Å². The first-order valence-corrected chi connectivity index (χ1v) is 8.94. The molecule has 0 amide bonds. The van der Waals surface area contributed by atoms with Crippen LogP contribution in [0.2, 0.25) is 0 Å². The number of hydrogen-bond acceptors (Lipinski definition) is 2. The second-order valence-corrected chi connectivity index (χ2v) is 7.86. The number of hydrogen-bond donors (Lipinski definition) is 0. The van der Waals surface area contributed by atoms with Gasteiger partial charge in [0.05, 0.1) is 5.25 Å². The van der Waals surface area contributed by atoms with Crippen LogP contribution < -0.4 is 0 Å². The summed E-state index contributed by atoms with van der Waals surface area (Å²) in [6, 6.07) is 0. The fourth-order valence-corrected chi connectivity index (χ4v) is 3.80. The fourth-order valence-electron chi connectivity index (χ4n) is 2.40. The predicted octanol–water partition coefficient (Wildman–Crippen LogP) is 3.32. The summed E-state index contributed by atoms with van der Waals surface area (Å²) in [5.41, 5.74) is 1.37. The highest BCUT2D eigenvalue weighted by atomic mass is 79.9. The zero-order chi connectivity index (χ0) is 12.2. The third-order valence-corrected chi connectivity index (χ3v) is 5.55. The molecular formula is C12H21BrO2S. The highest BCUT2D eigenvalue weighted by molar-refractivity contribution is 9.09. The van der Waals surface area contributed by atoms with Crippen LogP contribution >= 0.6 is 15.9 Å². The molecule has 2 atom stereocenters. The molecule has 94 valence electrons. The third-order valence-electron chi connectivity index (χ3n) is 3.45. The Bertz CT molecular complexity index is 346. The summed E-state index contributed by atoms with van der Waals surface area (Å²) in [4.78, 5) is 0. The topological polar surface area (TPSA) is 34.1 Å². The van der Waals surface area contributed by atoms with E-state index in [1.54, 1.807) is 0 Å². The molecule has 0 aromatic carbocycles. The average Bonchev–Trinajstić information content (AvgIpc) is 2.25. The number of halogens is 1. The van der Waals surface area contributed by atoms with Gasteiger partial charge in [0.15, 0.2) is 0 Å². The van der Waals surface area contributed by atoms with Gasteiger partial charge in [-0.05, 0) is 38.5 Å². The highest BCUT2D eigenvalue weighted by Gasteiger charge is 2.29. The molecule has 0 radical (unpaired) electrons. The molecule has 4 heteroatoms.